The molecule has 1 N–H and O–H groups in total. The van der Waals surface area contributed by atoms with Crippen LogP contribution in [0, 0.1) is 0 Å². The third-order valence-corrected chi connectivity index (χ3v) is 3.74. The summed E-state index contributed by atoms with van der Waals surface area (Å²) in [5.74, 6) is -0.160. The van der Waals surface area contributed by atoms with Gasteiger partial charge < -0.3 is 4.74 Å². The minimum Gasteiger partial charge on any atom is -0.368 e. The number of hydrazone groups is 1. The maximum Gasteiger partial charge on any atom is 0.269 e. The fourth-order valence-electron chi connectivity index (χ4n) is 2.60. The molecule has 1 atom stereocenters. The van der Waals surface area contributed by atoms with Crippen LogP contribution in [0.1, 0.15) is 25.3 Å². The van der Waals surface area contributed by atoms with E-state index in [1.165, 1.54) is 0 Å². The number of rotatable bonds is 3. The first kappa shape index (κ1) is 13.8. The molecule has 4 nitrogen and oxygen atoms in total. The lowest BCUT2D eigenvalue weighted by molar-refractivity contribution is -0.130. The van der Waals surface area contributed by atoms with Gasteiger partial charge in [0.25, 0.3) is 5.91 Å². The zero-order valence-corrected chi connectivity index (χ0v) is 12.0. The van der Waals surface area contributed by atoms with E-state index < -0.39 is 0 Å². The van der Waals surface area contributed by atoms with Crippen molar-refractivity contribution in [1.29, 1.82) is 0 Å². The predicted octanol–water partition coefficient (Wildman–Crippen LogP) is 2.86. The van der Waals surface area contributed by atoms with E-state index in [2.05, 4.69) is 28.7 Å². The molecule has 0 saturated carbocycles. The number of fused-ring (bicyclic) bond motifs is 1. The molecule has 0 aliphatic carbocycles. The van der Waals surface area contributed by atoms with Crippen molar-refractivity contribution in [2.24, 2.45) is 5.10 Å². The van der Waals surface area contributed by atoms with Crippen molar-refractivity contribution in [3.8, 4) is 0 Å². The number of benzene rings is 2. The SMILES string of the molecule is C/C(=N\NC(=O)[C@H]1CCCO1)c1cccc2ccccc12. The Bertz CT molecular complexity index is 683. The predicted molar refractivity (Wildman–Crippen MR) is 83.3 cm³/mol. The third-order valence-electron chi connectivity index (χ3n) is 3.74. The van der Waals surface area contributed by atoms with Crippen LogP contribution < -0.4 is 5.43 Å². The van der Waals surface area contributed by atoms with Gasteiger partial charge in [-0.3, -0.25) is 4.79 Å². The number of nitrogens with one attached hydrogen (secondary N) is 1. The Morgan fingerprint density at radius 3 is 2.86 bits per heavy atom. The summed E-state index contributed by atoms with van der Waals surface area (Å²) in [4.78, 5) is 11.9. The largest absolute Gasteiger partial charge is 0.368 e. The molecule has 2 aromatic rings. The van der Waals surface area contributed by atoms with Gasteiger partial charge in [0.2, 0.25) is 0 Å². The van der Waals surface area contributed by atoms with Gasteiger partial charge in [-0.05, 0) is 30.5 Å². The molecule has 0 unspecified atom stereocenters. The molecule has 0 aromatic heterocycles. The van der Waals surface area contributed by atoms with Crippen molar-refractivity contribution < 1.29 is 9.53 Å². The highest BCUT2D eigenvalue weighted by atomic mass is 16.5. The normalized spacial score (nSPS) is 18.9. The summed E-state index contributed by atoms with van der Waals surface area (Å²) in [7, 11) is 0. The molecule has 1 amide bonds. The van der Waals surface area contributed by atoms with Gasteiger partial charge in [-0.25, -0.2) is 5.43 Å². The Labute approximate surface area is 123 Å². The Kier molecular flexibility index (Phi) is 3.97. The smallest absolute Gasteiger partial charge is 0.269 e. The average Bonchev–Trinajstić information content (AvgIpc) is 3.06. The molecule has 4 heteroatoms. The molecule has 21 heavy (non-hydrogen) atoms. The van der Waals surface area contributed by atoms with Crippen molar-refractivity contribution in [2.45, 2.75) is 25.9 Å². The van der Waals surface area contributed by atoms with Crippen molar-refractivity contribution in [3.63, 3.8) is 0 Å². The number of nitrogens with zero attached hydrogens (tertiary/aromatic N) is 1. The summed E-state index contributed by atoms with van der Waals surface area (Å²) in [6.07, 6.45) is 1.35. The summed E-state index contributed by atoms with van der Waals surface area (Å²) >= 11 is 0. The highest BCUT2D eigenvalue weighted by molar-refractivity contribution is 6.09. The third kappa shape index (κ3) is 2.95. The molecule has 0 bridgehead atoms. The molecule has 108 valence electrons. The second-order valence-corrected chi connectivity index (χ2v) is 5.20. The van der Waals surface area contributed by atoms with Crippen LogP contribution in [0.3, 0.4) is 0 Å². The molecule has 1 heterocycles. The van der Waals surface area contributed by atoms with Crippen LogP contribution in [0.15, 0.2) is 47.6 Å². The Morgan fingerprint density at radius 1 is 1.24 bits per heavy atom. The van der Waals surface area contributed by atoms with Gasteiger partial charge in [-0.2, -0.15) is 5.10 Å². The van der Waals surface area contributed by atoms with Gasteiger partial charge in [0.15, 0.2) is 0 Å². The number of carbonyl (C=O) groups is 1. The van der Waals surface area contributed by atoms with E-state index in [0.717, 1.165) is 34.9 Å². The molecular formula is C17H18N2O2. The van der Waals surface area contributed by atoms with Gasteiger partial charge in [-0.1, -0.05) is 42.5 Å². The standard InChI is InChI=1S/C17H18N2O2/c1-12(18-19-17(20)16-10-5-11-21-16)14-9-4-7-13-6-2-3-8-15(13)14/h2-4,6-9,16H,5,10-11H2,1H3,(H,19,20)/b18-12+/t16-/m1/s1. The van der Waals surface area contributed by atoms with E-state index in [9.17, 15) is 4.79 Å². The Hall–Kier alpha value is -2.20. The number of hydrogen-bond acceptors (Lipinski definition) is 3. The molecule has 0 spiro atoms. The molecular weight excluding hydrogens is 264 g/mol. The number of carbonyl (C=O) groups excluding carboxylic acids is 1. The lowest BCUT2D eigenvalue weighted by atomic mass is 10.0. The summed E-state index contributed by atoms with van der Waals surface area (Å²) < 4.78 is 5.34. The van der Waals surface area contributed by atoms with Gasteiger partial charge in [0.1, 0.15) is 6.10 Å². The second kappa shape index (κ2) is 6.06. The molecule has 1 aliphatic heterocycles. The highest BCUT2D eigenvalue weighted by Crippen LogP contribution is 2.19. The Balaban J connectivity index is 1.81. The van der Waals surface area contributed by atoms with Crippen LogP contribution >= 0.6 is 0 Å². The maximum absolute atomic E-state index is 11.9. The number of amides is 1. The van der Waals surface area contributed by atoms with Crippen LogP contribution in [0.5, 0.6) is 0 Å². The molecule has 0 radical (unpaired) electrons. The van der Waals surface area contributed by atoms with Gasteiger partial charge in [0, 0.05) is 12.2 Å². The minimum absolute atomic E-state index is 0.160. The van der Waals surface area contributed by atoms with Gasteiger partial charge >= 0.3 is 0 Å². The summed E-state index contributed by atoms with van der Waals surface area (Å²) in [6, 6.07) is 14.2. The first-order valence-corrected chi connectivity index (χ1v) is 7.19. The van der Waals surface area contributed by atoms with Crippen LogP contribution in [0.4, 0.5) is 0 Å². The van der Waals surface area contributed by atoms with Crippen molar-refractivity contribution >= 4 is 22.4 Å². The van der Waals surface area contributed by atoms with E-state index in [1.807, 2.05) is 31.2 Å². The zero-order valence-electron chi connectivity index (χ0n) is 12.0. The molecule has 1 aliphatic rings. The van der Waals surface area contributed by atoms with Crippen LogP contribution in [-0.4, -0.2) is 24.3 Å². The zero-order chi connectivity index (χ0) is 14.7. The lowest BCUT2D eigenvalue weighted by Gasteiger charge is -2.09. The fourth-order valence-corrected chi connectivity index (χ4v) is 2.60. The monoisotopic (exact) mass is 282 g/mol. The first-order valence-electron chi connectivity index (χ1n) is 7.19. The molecule has 3 rings (SSSR count). The van der Waals surface area contributed by atoms with Gasteiger partial charge in [-0.15, -0.1) is 0 Å². The average molecular weight is 282 g/mol. The van der Waals surface area contributed by atoms with Crippen LogP contribution in [0.25, 0.3) is 10.8 Å². The highest BCUT2D eigenvalue weighted by Gasteiger charge is 2.23. The first-order chi connectivity index (χ1) is 10.3. The van der Waals surface area contributed by atoms with E-state index in [1.54, 1.807) is 0 Å². The fraction of sp³-hybridized carbons (Fsp3) is 0.294. The summed E-state index contributed by atoms with van der Waals surface area (Å²) in [5, 5.41) is 6.52. The molecule has 1 saturated heterocycles. The Morgan fingerprint density at radius 2 is 2.05 bits per heavy atom. The topological polar surface area (TPSA) is 50.7 Å². The van der Waals surface area contributed by atoms with Crippen molar-refractivity contribution in [1.82, 2.24) is 5.43 Å². The number of hydrogen-bond donors (Lipinski definition) is 1. The lowest BCUT2D eigenvalue weighted by Crippen LogP contribution is -2.31. The van der Waals surface area contributed by atoms with E-state index in [4.69, 9.17) is 4.74 Å². The summed E-state index contributed by atoms with van der Waals surface area (Å²) in [5.41, 5.74) is 4.43. The molecule has 2 aromatic carbocycles. The second-order valence-electron chi connectivity index (χ2n) is 5.20. The maximum atomic E-state index is 11.9. The van der Waals surface area contributed by atoms with E-state index >= 15 is 0 Å². The van der Waals surface area contributed by atoms with Crippen molar-refractivity contribution in [3.05, 3.63) is 48.0 Å². The van der Waals surface area contributed by atoms with E-state index in [0.29, 0.717) is 6.61 Å². The number of ether oxygens (including phenoxy) is 1. The van der Waals surface area contributed by atoms with Crippen LogP contribution in [0.2, 0.25) is 0 Å². The van der Waals surface area contributed by atoms with E-state index in [-0.39, 0.29) is 12.0 Å². The minimum atomic E-state index is -0.353. The van der Waals surface area contributed by atoms with Gasteiger partial charge in [0.05, 0.1) is 5.71 Å². The molecule has 1 fully saturated rings. The quantitative estimate of drug-likeness (QED) is 0.695. The van der Waals surface area contributed by atoms with Crippen LogP contribution in [-0.2, 0) is 9.53 Å². The van der Waals surface area contributed by atoms with Crippen molar-refractivity contribution in [2.75, 3.05) is 6.61 Å². The summed E-state index contributed by atoms with van der Waals surface area (Å²) in [6.45, 7) is 2.56.